The van der Waals surface area contributed by atoms with Gasteiger partial charge in [-0.05, 0) is 53.1 Å². The molecule has 1 saturated heterocycles. The summed E-state index contributed by atoms with van der Waals surface area (Å²) in [5.74, 6) is 0.853. The van der Waals surface area contributed by atoms with Gasteiger partial charge in [-0.1, -0.05) is 18.2 Å². The first kappa shape index (κ1) is 23.5. The van der Waals surface area contributed by atoms with E-state index in [2.05, 4.69) is 28.0 Å². The zero-order valence-corrected chi connectivity index (χ0v) is 19.8. The maximum Gasteiger partial charge on any atom is 0.446 e. The lowest BCUT2D eigenvalue weighted by atomic mass is 9.85. The molecular formula is C26H28F3N2O2S+. The number of allylic oxidation sites excluding steroid dienone is 4. The first-order valence-electron chi connectivity index (χ1n) is 11.7. The summed E-state index contributed by atoms with van der Waals surface area (Å²) < 4.78 is 49.6. The number of alkyl halides is 3. The molecule has 3 heterocycles. The molecule has 34 heavy (non-hydrogen) atoms. The van der Waals surface area contributed by atoms with E-state index in [0.717, 1.165) is 86.8 Å². The summed E-state index contributed by atoms with van der Waals surface area (Å²) in [4.78, 5) is 4.95. The Kier molecular flexibility index (Phi) is 6.99. The Morgan fingerprint density at radius 1 is 1.03 bits per heavy atom. The van der Waals surface area contributed by atoms with Gasteiger partial charge in [-0.3, -0.25) is 9.32 Å². The van der Waals surface area contributed by atoms with Crippen molar-refractivity contribution in [1.82, 2.24) is 9.80 Å². The van der Waals surface area contributed by atoms with Gasteiger partial charge in [-0.15, -0.1) is 0 Å². The van der Waals surface area contributed by atoms with Crippen molar-refractivity contribution in [2.24, 2.45) is 0 Å². The zero-order chi connectivity index (χ0) is 23.5. The molecule has 0 spiro atoms. The predicted octanol–water partition coefficient (Wildman–Crippen LogP) is 4.98. The summed E-state index contributed by atoms with van der Waals surface area (Å²) in [5, 5.41) is 0. The fourth-order valence-corrected chi connectivity index (χ4v) is 5.36. The van der Waals surface area contributed by atoms with Gasteiger partial charge in [-0.25, -0.2) is 0 Å². The number of halogens is 3. The number of hydrogen-bond donors (Lipinski definition) is 0. The summed E-state index contributed by atoms with van der Waals surface area (Å²) in [6.07, 6.45) is 10.4. The summed E-state index contributed by atoms with van der Waals surface area (Å²) in [5.41, 5.74) is 1.30. The molecule has 0 saturated carbocycles. The monoisotopic (exact) mass is 489 g/mol. The topological polar surface area (TPSA) is 27.0 Å². The van der Waals surface area contributed by atoms with E-state index in [4.69, 9.17) is 9.16 Å². The molecule has 4 nitrogen and oxygen atoms in total. The maximum atomic E-state index is 12.7. The molecular weight excluding hydrogens is 461 g/mol. The Labute approximate surface area is 202 Å². The van der Waals surface area contributed by atoms with E-state index in [1.807, 2.05) is 6.08 Å². The van der Waals surface area contributed by atoms with Crippen molar-refractivity contribution in [3.63, 3.8) is 0 Å². The third-order valence-corrected chi connectivity index (χ3v) is 7.19. The van der Waals surface area contributed by atoms with E-state index in [-0.39, 0.29) is 16.7 Å². The van der Waals surface area contributed by atoms with Gasteiger partial charge in [0.15, 0.2) is 0 Å². The molecule has 5 rings (SSSR count). The summed E-state index contributed by atoms with van der Waals surface area (Å²) in [6.45, 7) is 6.95. The van der Waals surface area contributed by atoms with Gasteiger partial charge in [-0.2, -0.15) is 13.2 Å². The SMILES string of the molecule is FC(F)(F)Sc1ccc(C2=C3C=CC(=[O+]CCCN4CCOCC4)C=C3C3=CCCN3C2)cc1. The molecule has 3 aliphatic heterocycles. The Morgan fingerprint density at radius 3 is 2.59 bits per heavy atom. The largest absolute Gasteiger partial charge is 0.446 e. The number of ether oxygens (including phenoxy) is 1. The summed E-state index contributed by atoms with van der Waals surface area (Å²) >= 11 is -0.0771. The quantitative estimate of drug-likeness (QED) is 0.320. The molecule has 1 fully saturated rings. The molecule has 1 aromatic rings. The smallest absolute Gasteiger partial charge is 0.379 e. The zero-order valence-electron chi connectivity index (χ0n) is 18.9. The van der Waals surface area contributed by atoms with Crippen LogP contribution in [-0.4, -0.2) is 73.6 Å². The first-order valence-corrected chi connectivity index (χ1v) is 12.5. The van der Waals surface area contributed by atoms with Gasteiger partial charge in [0.25, 0.3) is 6.61 Å². The average Bonchev–Trinajstić information content (AvgIpc) is 3.31. The molecule has 4 aliphatic rings. The highest BCUT2D eigenvalue weighted by molar-refractivity contribution is 8.00. The van der Waals surface area contributed by atoms with Crippen LogP contribution in [0.15, 0.2) is 70.3 Å². The lowest BCUT2D eigenvalue weighted by molar-refractivity contribution is -0.456. The highest BCUT2D eigenvalue weighted by atomic mass is 32.2. The summed E-state index contributed by atoms with van der Waals surface area (Å²) in [6, 6.07) is 6.71. The molecule has 0 amide bonds. The highest BCUT2D eigenvalue weighted by Gasteiger charge is 2.32. The van der Waals surface area contributed by atoms with E-state index in [9.17, 15) is 13.2 Å². The normalized spacial score (nSPS) is 22.1. The minimum absolute atomic E-state index is 0.0771. The molecule has 0 radical (unpaired) electrons. The number of benzene rings is 1. The Bertz CT molecular complexity index is 1060. The van der Waals surface area contributed by atoms with Crippen molar-refractivity contribution in [3.05, 3.63) is 71.0 Å². The predicted molar refractivity (Wildman–Crippen MR) is 129 cm³/mol. The van der Waals surface area contributed by atoms with Crippen molar-refractivity contribution < 1.29 is 22.3 Å². The molecule has 180 valence electrons. The average molecular weight is 490 g/mol. The van der Waals surface area contributed by atoms with Crippen molar-refractivity contribution in [1.29, 1.82) is 0 Å². The molecule has 0 bridgehead atoms. The van der Waals surface area contributed by atoms with Crippen molar-refractivity contribution in [2.45, 2.75) is 23.2 Å². The van der Waals surface area contributed by atoms with E-state index in [0.29, 0.717) is 6.61 Å². The number of carbonyl (C=O) groups excluding carboxylic acids is 1. The van der Waals surface area contributed by atoms with E-state index >= 15 is 0 Å². The van der Waals surface area contributed by atoms with Gasteiger partial charge >= 0.3 is 11.3 Å². The number of rotatable bonds is 6. The van der Waals surface area contributed by atoms with E-state index in [1.165, 1.54) is 5.70 Å². The maximum absolute atomic E-state index is 12.7. The van der Waals surface area contributed by atoms with Crippen molar-refractivity contribution in [2.75, 3.05) is 52.5 Å². The molecule has 0 N–H and O–H groups in total. The lowest BCUT2D eigenvalue weighted by Crippen LogP contribution is -2.37. The van der Waals surface area contributed by atoms with Crippen LogP contribution in [0.5, 0.6) is 0 Å². The first-order chi connectivity index (χ1) is 16.5. The number of nitrogens with zero attached hydrogens (tertiary/aromatic N) is 2. The molecule has 0 unspecified atom stereocenters. The molecule has 0 atom stereocenters. The summed E-state index contributed by atoms with van der Waals surface area (Å²) in [7, 11) is 0. The van der Waals surface area contributed by atoms with Crippen LogP contribution in [0.1, 0.15) is 18.4 Å². The van der Waals surface area contributed by atoms with E-state index < -0.39 is 5.51 Å². The molecule has 0 aromatic heterocycles. The van der Waals surface area contributed by atoms with Gasteiger partial charge in [0.2, 0.25) is 0 Å². The van der Waals surface area contributed by atoms with Gasteiger partial charge < -0.3 is 9.64 Å². The van der Waals surface area contributed by atoms with Crippen LogP contribution in [0.4, 0.5) is 13.2 Å². The molecule has 1 aromatic carbocycles. The number of ketones is 1. The lowest BCUT2D eigenvalue weighted by Gasteiger charge is -2.33. The van der Waals surface area contributed by atoms with Crippen LogP contribution in [-0.2, 0) is 9.16 Å². The second kappa shape index (κ2) is 10.1. The van der Waals surface area contributed by atoms with Crippen LogP contribution in [0.25, 0.3) is 5.57 Å². The van der Waals surface area contributed by atoms with Crippen LogP contribution >= 0.6 is 11.8 Å². The minimum Gasteiger partial charge on any atom is -0.379 e. The third-order valence-electron chi connectivity index (χ3n) is 6.45. The molecule has 1 aliphatic carbocycles. The fourth-order valence-electron chi connectivity index (χ4n) is 4.82. The Balaban J connectivity index is 1.34. The second-order valence-electron chi connectivity index (χ2n) is 8.71. The van der Waals surface area contributed by atoms with Crippen LogP contribution < -0.4 is 0 Å². The van der Waals surface area contributed by atoms with Crippen LogP contribution in [0.3, 0.4) is 0 Å². The third kappa shape index (κ3) is 5.50. The molecule has 8 heteroatoms. The Morgan fingerprint density at radius 2 is 1.82 bits per heavy atom. The van der Waals surface area contributed by atoms with Gasteiger partial charge in [0.05, 0.1) is 19.3 Å². The van der Waals surface area contributed by atoms with E-state index in [1.54, 1.807) is 24.3 Å². The van der Waals surface area contributed by atoms with Crippen molar-refractivity contribution in [3.8, 4) is 0 Å². The standard InChI is InChI=1S/C26H28F3N2O2S/c27-26(28,29)34-21-7-4-19(5-8-21)24-18-31-11-1-3-25(31)23-17-20(6-9-22(23)24)33-14-2-10-30-12-15-32-16-13-30/h3-9,17H,1-2,10-16,18H2/q+1. The highest BCUT2D eigenvalue weighted by Crippen LogP contribution is 2.42. The number of thioether (sulfide) groups is 1. The van der Waals surface area contributed by atoms with Gasteiger partial charge in [0.1, 0.15) is 0 Å². The number of morpholine rings is 1. The van der Waals surface area contributed by atoms with Crippen LogP contribution in [0, 0.1) is 0 Å². The Hall–Kier alpha value is -2.29. The van der Waals surface area contributed by atoms with Crippen molar-refractivity contribution >= 4 is 23.1 Å². The fraction of sp³-hybridized carbons (Fsp3) is 0.423. The number of fused-ring (bicyclic) bond motifs is 3. The minimum atomic E-state index is -4.28. The number of hydrogen-bond acceptors (Lipinski definition) is 4. The second-order valence-corrected chi connectivity index (χ2v) is 9.85. The van der Waals surface area contributed by atoms with Crippen LogP contribution in [0.2, 0.25) is 0 Å². The van der Waals surface area contributed by atoms with Gasteiger partial charge in [0, 0.05) is 61.4 Å².